The van der Waals surface area contributed by atoms with Crippen molar-refractivity contribution in [1.82, 2.24) is 0 Å². The zero-order chi connectivity index (χ0) is 37.2. The van der Waals surface area contributed by atoms with Gasteiger partial charge >= 0.3 is 0 Å². The molecule has 0 aliphatic carbocycles. The third kappa shape index (κ3) is 9.83. The molecule has 0 spiro atoms. The van der Waals surface area contributed by atoms with Gasteiger partial charge in [0.05, 0.1) is 13.2 Å². The second-order valence-corrected chi connectivity index (χ2v) is 13.6. The average molecular weight is 713 g/mol. The number of hydrogen-bond acceptors (Lipinski definition) is 4. The lowest BCUT2D eigenvalue weighted by molar-refractivity contribution is 0.298. The van der Waals surface area contributed by atoms with Crippen molar-refractivity contribution in [3.8, 4) is 67.5 Å². The van der Waals surface area contributed by atoms with Crippen molar-refractivity contribution < 1.29 is 28.5 Å². The van der Waals surface area contributed by atoms with E-state index in [2.05, 4.69) is 0 Å². The molecule has 272 valence electrons. The van der Waals surface area contributed by atoms with E-state index in [1.807, 2.05) is 86.6 Å². The summed E-state index contributed by atoms with van der Waals surface area (Å²) in [5.74, 6) is 0.903. The fraction of sp³-hybridized carbons (Fsp3) is 0.234. The minimum Gasteiger partial charge on any atom is -0.508 e. The van der Waals surface area contributed by atoms with E-state index in [0.717, 1.165) is 89.5 Å². The van der Waals surface area contributed by atoms with Gasteiger partial charge in [-0.25, -0.2) is 8.78 Å². The summed E-state index contributed by atoms with van der Waals surface area (Å²) >= 11 is 0. The van der Waals surface area contributed by atoms with Gasteiger partial charge in [-0.15, -0.1) is 0 Å². The summed E-state index contributed by atoms with van der Waals surface area (Å²) in [4.78, 5) is 0. The molecule has 0 atom stereocenters. The number of phenols is 2. The van der Waals surface area contributed by atoms with Crippen LogP contribution in [0.2, 0.25) is 0 Å². The molecule has 53 heavy (non-hydrogen) atoms. The van der Waals surface area contributed by atoms with Gasteiger partial charge in [0.25, 0.3) is 0 Å². The predicted molar refractivity (Wildman–Crippen MR) is 211 cm³/mol. The molecule has 0 bridgehead atoms. The van der Waals surface area contributed by atoms with Crippen molar-refractivity contribution >= 4 is 0 Å². The Morgan fingerprint density at radius 1 is 0.396 bits per heavy atom. The summed E-state index contributed by atoms with van der Waals surface area (Å²) in [6.45, 7) is 5.11. The second-order valence-electron chi connectivity index (χ2n) is 13.6. The van der Waals surface area contributed by atoms with E-state index in [1.165, 1.54) is 12.1 Å². The maximum absolute atomic E-state index is 15.1. The smallest absolute Gasteiger partial charge is 0.134 e. The fourth-order valence-electron chi connectivity index (χ4n) is 6.70. The van der Waals surface area contributed by atoms with Crippen LogP contribution in [0, 0.1) is 25.5 Å². The summed E-state index contributed by atoms with van der Waals surface area (Å²) < 4.78 is 41.8. The number of hydrogen-bond donors (Lipinski definition) is 2. The second kappa shape index (κ2) is 17.7. The largest absolute Gasteiger partial charge is 0.508 e. The first-order valence-electron chi connectivity index (χ1n) is 18.4. The van der Waals surface area contributed by atoms with Crippen LogP contribution in [0.1, 0.15) is 56.1 Å². The van der Waals surface area contributed by atoms with Crippen molar-refractivity contribution in [3.63, 3.8) is 0 Å². The number of unbranched alkanes of at least 4 members (excludes halogenated alkanes) is 6. The lowest BCUT2D eigenvalue weighted by Gasteiger charge is -2.12. The summed E-state index contributed by atoms with van der Waals surface area (Å²) in [6.07, 6.45) is 7.27. The molecule has 6 heteroatoms. The van der Waals surface area contributed by atoms with Gasteiger partial charge in [0, 0.05) is 23.3 Å². The van der Waals surface area contributed by atoms with E-state index in [-0.39, 0.29) is 23.1 Å². The molecular weight excluding hydrogens is 667 g/mol. The summed E-state index contributed by atoms with van der Waals surface area (Å²) in [6, 6.07) is 36.1. The molecular formula is C47H46F2O4. The van der Waals surface area contributed by atoms with Crippen LogP contribution >= 0.6 is 0 Å². The number of halogens is 2. The summed E-state index contributed by atoms with van der Waals surface area (Å²) in [7, 11) is 0. The topological polar surface area (TPSA) is 58.9 Å². The zero-order valence-corrected chi connectivity index (χ0v) is 30.4. The average Bonchev–Trinajstić information content (AvgIpc) is 3.15. The molecule has 6 aromatic rings. The molecule has 0 saturated heterocycles. The number of phenolic OH excluding ortho intramolecular Hbond substituents is 2. The highest BCUT2D eigenvalue weighted by Gasteiger charge is 2.12. The highest BCUT2D eigenvalue weighted by Crippen LogP contribution is 2.34. The van der Waals surface area contributed by atoms with E-state index in [0.29, 0.717) is 35.8 Å². The van der Waals surface area contributed by atoms with Crippen LogP contribution in [-0.2, 0) is 0 Å². The van der Waals surface area contributed by atoms with Gasteiger partial charge in [-0.05, 0) is 120 Å². The monoisotopic (exact) mass is 712 g/mol. The Kier molecular flexibility index (Phi) is 12.4. The third-order valence-electron chi connectivity index (χ3n) is 9.64. The number of aromatic hydroxyl groups is 2. The minimum atomic E-state index is -0.311. The van der Waals surface area contributed by atoms with Crippen LogP contribution in [0.5, 0.6) is 23.0 Å². The van der Waals surface area contributed by atoms with Crippen molar-refractivity contribution in [2.24, 2.45) is 0 Å². The Balaban J connectivity index is 0.851. The van der Waals surface area contributed by atoms with Crippen LogP contribution < -0.4 is 9.47 Å². The van der Waals surface area contributed by atoms with Crippen molar-refractivity contribution in [1.29, 1.82) is 0 Å². The predicted octanol–water partition coefficient (Wildman–Crippen LogP) is 12.8. The molecule has 0 aliphatic heterocycles. The van der Waals surface area contributed by atoms with Crippen molar-refractivity contribution in [3.05, 3.63) is 144 Å². The van der Waals surface area contributed by atoms with E-state index >= 15 is 8.78 Å². The minimum absolute atomic E-state index is 0.226. The molecule has 6 rings (SSSR count). The normalized spacial score (nSPS) is 11.1. The van der Waals surface area contributed by atoms with E-state index < -0.39 is 0 Å². The molecule has 0 unspecified atom stereocenters. The number of aryl methyl sites for hydroxylation is 2. The van der Waals surface area contributed by atoms with E-state index in [9.17, 15) is 10.2 Å². The lowest BCUT2D eigenvalue weighted by Crippen LogP contribution is -1.99. The van der Waals surface area contributed by atoms with Gasteiger partial charge in [0.2, 0.25) is 0 Å². The van der Waals surface area contributed by atoms with E-state index in [4.69, 9.17) is 9.47 Å². The van der Waals surface area contributed by atoms with Crippen molar-refractivity contribution in [2.45, 2.75) is 58.8 Å². The van der Waals surface area contributed by atoms with Gasteiger partial charge in [0.1, 0.15) is 34.6 Å². The first-order valence-corrected chi connectivity index (χ1v) is 18.4. The summed E-state index contributed by atoms with van der Waals surface area (Å²) in [5.41, 5.74) is 8.84. The van der Waals surface area contributed by atoms with Crippen LogP contribution in [0.4, 0.5) is 8.78 Å². The first kappa shape index (κ1) is 37.1. The van der Waals surface area contributed by atoms with Gasteiger partial charge < -0.3 is 19.7 Å². The lowest BCUT2D eigenvalue weighted by atomic mass is 9.95. The summed E-state index contributed by atoms with van der Waals surface area (Å²) in [5, 5.41) is 19.2. The third-order valence-corrected chi connectivity index (χ3v) is 9.64. The van der Waals surface area contributed by atoms with Gasteiger partial charge in [-0.3, -0.25) is 0 Å². The maximum Gasteiger partial charge on any atom is 0.134 e. The van der Waals surface area contributed by atoms with Crippen LogP contribution in [0.3, 0.4) is 0 Å². The Hall–Kier alpha value is -5.62. The quantitative estimate of drug-likeness (QED) is 0.0981. The molecule has 0 saturated carbocycles. The van der Waals surface area contributed by atoms with Gasteiger partial charge in [0.15, 0.2) is 0 Å². The van der Waals surface area contributed by atoms with Crippen LogP contribution in [-0.4, -0.2) is 23.4 Å². The molecule has 0 aromatic heterocycles. The van der Waals surface area contributed by atoms with Crippen molar-refractivity contribution in [2.75, 3.05) is 13.2 Å². The Bertz CT molecular complexity index is 1970. The molecule has 0 fully saturated rings. The van der Waals surface area contributed by atoms with Crippen LogP contribution in [0.15, 0.2) is 121 Å². The standard InChI is InChI=1S/C47H46F2O4/c1-32-28-36(14-22-42(32)34-10-16-38(50)17-11-34)44-24-20-40(30-46(44)48)52-26-8-6-4-3-5-7-9-27-53-41-21-25-45(47(49)31-41)37-15-23-43(33(2)29-37)35-12-18-39(51)19-13-35/h10-25,28-31,50-51H,3-9,26-27H2,1-2H3. The molecule has 0 amide bonds. The number of ether oxygens (including phenoxy) is 2. The number of rotatable bonds is 16. The Morgan fingerprint density at radius 3 is 1.09 bits per heavy atom. The van der Waals surface area contributed by atoms with E-state index in [1.54, 1.807) is 36.4 Å². The molecule has 2 N–H and O–H groups in total. The van der Waals surface area contributed by atoms with Crippen LogP contribution in [0.25, 0.3) is 44.5 Å². The zero-order valence-electron chi connectivity index (χ0n) is 30.4. The molecule has 0 aliphatic rings. The van der Waals surface area contributed by atoms with Gasteiger partial charge in [-0.2, -0.15) is 0 Å². The number of benzene rings is 6. The molecule has 0 heterocycles. The highest BCUT2D eigenvalue weighted by atomic mass is 19.1. The molecule has 4 nitrogen and oxygen atoms in total. The SMILES string of the molecule is Cc1cc(-c2ccc(OCCCCCCCCCOc3ccc(-c4ccc(-c5ccc(O)cc5)c(C)c4)c(F)c3)cc2F)ccc1-c1ccc(O)cc1. The van der Waals surface area contributed by atoms with Gasteiger partial charge in [-0.1, -0.05) is 92.8 Å². The Labute approximate surface area is 311 Å². The highest BCUT2D eigenvalue weighted by molar-refractivity contribution is 5.75. The molecule has 6 aromatic carbocycles. The first-order chi connectivity index (χ1) is 25.7. The fourth-order valence-corrected chi connectivity index (χ4v) is 6.70. The molecule has 0 radical (unpaired) electrons. The Morgan fingerprint density at radius 2 is 0.736 bits per heavy atom. The maximum atomic E-state index is 15.1.